The maximum Gasteiger partial charge on any atom is 0.490 e. The average Bonchev–Trinajstić information content (AvgIpc) is 3.17. The molecule has 3 unspecified atom stereocenters. The molecule has 2 rings (SSSR count). The Bertz CT molecular complexity index is 719. The van der Waals surface area contributed by atoms with Gasteiger partial charge in [-0.2, -0.15) is 18.4 Å². The number of nitrogens with zero attached hydrogens (tertiary/aromatic N) is 2. The van der Waals surface area contributed by atoms with Gasteiger partial charge in [0.15, 0.2) is 0 Å². The van der Waals surface area contributed by atoms with E-state index in [2.05, 4.69) is 31.7 Å². The number of hydrogen-bond acceptors (Lipinski definition) is 5. The summed E-state index contributed by atoms with van der Waals surface area (Å²) in [5, 5.41) is 26.3. The van der Waals surface area contributed by atoms with Crippen LogP contribution in [-0.2, 0) is 11.2 Å². The van der Waals surface area contributed by atoms with Crippen LogP contribution in [0.5, 0.6) is 0 Å². The van der Waals surface area contributed by atoms with Crippen molar-refractivity contribution in [1.29, 1.82) is 5.26 Å². The van der Waals surface area contributed by atoms with Gasteiger partial charge in [-0.3, -0.25) is 4.90 Å². The molecule has 1 saturated heterocycles. The summed E-state index contributed by atoms with van der Waals surface area (Å²) in [5.41, 5.74) is 0.181. The van der Waals surface area contributed by atoms with Crippen molar-refractivity contribution in [2.45, 2.75) is 71.6 Å². The molecule has 0 bridgehead atoms. The zero-order chi connectivity index (χ0) is 23.1. The SMILES string of the molecule is Cc1ccc(CCCN2C(CO)CC(C#N)C2CC(C)(C)C)o1.O=C(O)C(F)(F)F. The summed E-state index contributed by atoms with van der Waals surface area (Å²) < 4.78 is 37.4. The van der Waals surface area contributed by atoms with E-state index in [4.69, 9.17) is 14.3 Å². The number of aryl methyl sites for hydroxylation is 2. The molecule has 0 spiro atoms. The molecule has 1 fully saturated rings. The van der Waals surface area contributed by atoms with Gasteiger partial charge >= 0.3 is 12.1 Å². The van der Waals surface area contributed by atoms with Crippen LogP contribution in [0.25, 0.3) is 0 Å². The molecule has 1 aromatic heterocycles. The second-order valence-electron chi connectivity index (χ2n) is 8.80. The molecule has 30 heavy (non-hydrogen) atoms. The number of hydrogen-bond donors (Lipinski definition) is 2. The first kappa shape index (κ1) is 26.0. The quantitative estimate of drug-likeness (QED) is 0.700. The van der Waals surface area contributed by atoms with Gasteiger partial charge in [-0.15, -0.1) is 0 Å². The Hall–Kier alpha value is -2.05. The van der Waals surface area contributed by atoms with Crippen LogP contribution in [0.4, 0.5) is 13.2 Å². The van der Waals surface area contributed by atoms with E-state index in [1.807, 2.05) is 19.1 Å². The van der Waals surface area contributed by atoms with E-state index in [0.29, 0.717) is 0 Å². The lowest BCUT2D eigenvalue weighted by atomic mass is 9.83. The first-order valence-corrected chi connectivity index (χ1v) is 9.90. The fourth-order valence-electron chi connectivity index (χ4n) is 3.70. The highest BCUT2D eigenvalue weighted by Crippen LogP contribution is 2.37. The van der Waals surface area contributed by atoms with Crippen LogP contribution in [0.2, 0.25) is 0 Å². The van der Waals surface area contributed by atoms with E-state index in [1.54, 1.807) is 0 Å². The van der Waals surface area contributed by atoms with Gasteiger partial charge < -0.3 is 14.6 Å². The van der Waals surface area contributed by atoms with E-state index in [9.17, 15) is 23.5 Å². The number of likely N-dealkylation sites (tertiary alicyclic amines) is 1. The average molecular weight is 432 g/mol. The van der Waals surface area contributed by atoms with Gasteiger partial charge in [0.05, 0.1) is 18.6 Å². The largest absolute Gasteiger partial charge is 0.490 e. The lowest BCUT2D eigenvalue weighted by Crippen LogP contribution is -2.41. The van der Waals surface area contributed by atoms with Crippen molar-refractivity contribution in [1.82, 2.24) is 4.90 Å². The Labute approximate surface area is 175 Å². The fourth-order valence-corrected chi connectivity index (χ4v) is 3.70. The van der Waals surface area contributed by atoms with Crippen LogP contribution in [-0.4, -0.2) is 52.5 Å². The van der Waals surface area contributed by atoms with Crippen molar-refractivity contribution in [3.63, 3.8) is 0 Å². The molecule has 1 aromatic rings. The summed E-state index contributed by atoms with van der Waals surface area (Å²) in [4.78, 5) is 11.3. The number of carbonyl (C=O) groups is 1. The lowest BCUT2D eigenvalue weighted by Gasteiger charge is -2.34. The molecule has 170 valence electrons. The third-order valence-electron chi connectivity index (χ3n) is 4.96. The number of halogens is 3. The number of carboxylic acids is 1. The van der Waals surface area contributed by atoms with Crippen LogP contribution in [0, 0.1) is 29.6 Å². The molecule has 0 amide bonds. The van der Waals surface area contributed by atoms with Crippen molar-refractivity contribution in [2.24, 2.45) is 11.3 Å². The molecule has 2 heterocycles. The highest BCUT2D eigenvalue weighted by molar-refractivity contribution is 5.73. The first-order chi connectivity index (χ1) is 13.8. The van der Waals surface area contributed by atoms with Crippen LogP contribution in [0.15, 0.2) is 16.5 Å². The summed E-state index contributed by atoms with van der Waals surface area (Å²) in [5.74, 6) is -0.763. The molecule has 3 atom stereocenters. The summed E-state index contributed by atoms with van der Waals surface area (Å²) >= 11 is 0. The number of carboxylic acid groups (broad SMARTS) is 1. The third-order valence-corrected chi connectivity index (χ3v) is 4.96. The molecular formula is C21H31F3N2O4. The highest BCUT2D eigenvalue weighted by Gasteiger charge is 2.42. The topological polar surface area (TPSA) is 97.7 Å². The number of aliphatic carboxylic acids is 1. The normalized spacial score (nSPS) is 22.3. The lowest BCUT2D eigenvalue weighted by molar-refractivity contribution is -0.192. The summed E-state index contributed by atoms with van der Waals surface area (Å²) in [6.07, 6.45) is -1.42. The number of aliphatic hydroxyl groups is 1. The van der Waals surface area contributed by atoms with Crippen molar-refractivity contribution in [3.8, 4) is 6.07 Å². The molecule has 6 nitrogen and oxygen atoms in total. The van der Waals surface area contributed by atoms with Gasteiger partial charge in [0, 0.05) is 18.5 Å². The van der Waals surface area contributed by atoms with E-state index in [0.717, 1.165) is 43.7 Å². The minimum absolute atomic E-state index is 0.0252. The predicted molar refractivity (Wildman–Crippen MR) is 105 cm³/mol. The number of rotatable bonds is 6. The Morgan fingerprint density at radius 2 is 1.93 bits per heavy atom. The summed E-state index contributed by atoms with van der Waals surface area (Å²) in [7, 11) is 0. The number of alkyl halides is 3. The van der Waals surface area contributed by atoms with Crippen LogP contribution >= 0.6 is 0 Å². The van der Waals surface area contributed by atoms with Crippen molar-refractivity contribution in [2.75, 3.05) is 13.2 Å². The van der Waals surface area contributed by atoms with E-state index in [1.165, 1.54) is 0 Å². The van der Waals surface area contributed by atoms with Crippen LogP contribution in [0.1, 0.15) is 51.6 Å². The van der Waals surface area contributed by atoms with Crippen molar-refractivity contribution in [3.05, 3.63) is 23.7 Å². The number of nitriles is 1. The van der Waals surface area contributed by atoms with Gasteiger partial charge in [-0.05, 0) is 50.3 Å². The maximum absolute atomic E-state index is 10.6. The minimum atomic E-state index is -5.08. The molecule has 9 heteroatoms. The molecule has 0 aliphatic carbocycles. The second kappa shape index (κ2) is 10.8. The molecule has 0 saturated carbocycles. The van der Waals surface area contributed by atoms with Gasteiger partial charge in [0.1, 0.15) is 11.5 Å². The Kier molecular flexibility index (Phi) is 9.37. The smallest absolute Gasteiger partial charge is 0.475 e. The van der Waals surface area contributed by atoms with E-state index in [-0.39, 0.29) is 30.0 Å². The molecule has 2 N–H and O–H groups in total. The second-order valence-corrected chi connectivity index (χ2v) is 8.80. The highest BCUT2D eigenvalue weighted by atomic mass is 19.4. The molecule has 0 aromatic carbocycles. The maximum atomic E-state index is 10.6. The first-order valence-electron chi connectivity index (χ1n) is 9.90. The summed E-state index contributed by atoms with van der Waals surface area (Å²) in [6, 6.07) is 6.86. The van der Waals surface area contributed by atoms with Crippen LogP contribution < -0.4 is 0 Å². The molecular weight excluding hydrogens is 401 g/mol. The zero-order valence-electron chi connectivity index (χ0n) is 17.9. The molecule has 1 aliphatic rings. The van der Waals surface area contributed by atoms with Gasteiger partial charge in [0.25, 0.3) is 0 Å². The fraction of sp³-hybridized carbons (Fsp3) is 0.714. The summed E-state index contributed by atoms with van der Waals surface area (Å²) in [6.45, 7) is 9.66. The Morgan fingerprint density at radius 3 is 2.33 bits per heavy atom. The van der Waals surface area contributed by atoms with Crippen LogP contribution in [0.3, 0.4) is 0 Å². The Morgan fingerprint density at radius 1 is 1.33 bits per heavy atom. The van der Waals surface area contributed by atoms with Gasteiger partial charge in [-0.1, -0.05) is 20.8 Å². The third kappa shape index (κ3) is 8.36. The minimum Gasteiger partial charge on any atom is -0.475 e. The zero-order valence-corrected chi connectivity index (χ0v) is 17.9. The van der Waals surface area contributed by atoms with Crippen molar-refractivity contribution >= 4 is 5.97 Å². The number of aliphatic hydroxyl groups excluding tert-OH is 1. The molecule has 0 radical (unpaired) electrons. The van der Waals surface area contributed by atoms with Crippen molar-refractivity contribution < 1.29 is 32.6 Å². The van der Waals surface area contributed by atoms with Gasteiger partial charge in [0.2, 0.25) is 0 Å². The number of furan rings is 1. The Balaban J connectivity index is 0.000000553. The van der Waals surface area contributed by atoms with E-state index >= 15 is 0 Å². The molecule has 1 aliphatic heterocycles. The van der Waals surface area contributed by atoms with E-state index < -0.39 is 12.1 Å². The monoisotopic (exact) mass is 432 g/mol. The standard InChI is InChI=1S/C19H30N2O2.C2HF3O2/c1-14-7-8-17(23-14)6-5-9-21-16(13-22)10-15(12-20)18(21)11-19(2,3)4;3-2(4,5)1(6)7/h7-8,15-16,18,22H,5-6,9-11,13H2,1-4H3;(H,6,7). The van der Waals surface area contributed by atoms with Gasteiger partial charge in [-0.25, -0.2) is 4.79 Å². The predicted octanol–water partition coefficient (Wildman–Crippen LogP) is 4.17.